The van der Waals surface area contributed by atoms with Gasteiger partial charge in [-0.2, -0.15) is 0 Å². The Morgan fingerprint density at radius 3 is 2.48 bits per heavy atom. The lowest BCUT2D eigenvalue weighted by Crippen LogP contribution is -2.19. The maximum Gasteiger partial charge on any atom is 0.358 e. The van der Waals surface area contributed by atoms with E-state index < -0.39 is 5.97 Å². The van der Waals surface area contributed by atoms with E-state index in [0.29, 0.717) is 26.9 Å². The van der Waals surface area contributed by atoms with E-state index in [2.05, 4.69) is 39.3 Å². The minimum absolute atomic E-state index is 0.0783. The Balaban J connectivity index is 2.27. The summed E-state index contributed by atoms with van der Waals surface area (Å²) in [5.74, 6) is -0.586. The summed E-state index contributed by atoms with van der Waals surface area (Å²) >= 11 is 16.1. The molecule has 0 N–H and O–H groups in total. The number of hydrogen-bond donors (Lipinski definition) is 0. The molecule has 0 fully saturated rings. The monoisotopic (exact) mass is 522 g/mol. The van der Waals surface area contributed by atoms with Crippen molar-refractivity contribution in [1.82, 2.24) is 9.55 Å². The molecule has 31 heavy (non-hydrogen) atoms. The summed E-state index contributed by atoms with van der Waals surface area (Å²) in [5.41, 5.74) is 4.31. The predicted octanol–water partition coefficient (Wildman–Crippen LogP) is 7.39. The first-order valence-corrected chi connectivity index (χ1v) is 11.7. The van der Waals surface area contributed by atoms with Crippen LogP contribution in [-0.4, -0.2) is 22.1 Å². The molecule has 4 nitrogen and oxygen atoms in total. The van der Waals surface area contributed by atoms with Gasteiger partial charge in [0.05, 0.1) is 12.3 Å². The zero-order valence-corrected chi connectivity index (χ0v) is 21.1. The second-order valence-corrected chi connectivity index (χ2v) is 9.27. The number of hydrogen-bond acceptors (Lipinski definition) is 3. The molecule has 0 aliphatic heterocycles. The highest BCUT2D eigenvalue weighted by Gasteiger charge is 2.31. The summed E-state index contributed by atoms with van der Waals surface area (Å²) in [5, 5.41) is 1.35. The fraction of sp³-hybridized carbons (Fsp3) is 0.333. The fourth-order valence-electron chi connectivity index (χ4n) is 3.87. The molecule has 2 aromatic carbocycles. The lowest BCUT2D eigenvalue weighted by molar-refractivity contribution is 0.0518. The molecule has 1 atom stereocenters. The van der Waals surface area contributed by atoms with Crippen LogP contribution in [0, 0.1) is 6.92 Å². The molecular weight excluding hydrogens is 499 g/mol. The van der Waals surface area contributed by atoms with Gasteiger partial charge in [0.25, 0.3) is 0 Å². The SMILES string of the molecule is CCOC(=O)c1nc(Br)n(C(C)C)c1C(Cc1cccc(Cl)c1)c1ccc(Cl)cc1C. The Morgan fingerprint density at radius 1 is 1.16 bits per heavy atom. The number of halogens is 3. The van der Waals surface area contributed by atoms with E-state index in [1.165, 1.54) is 0 Å². The van der Waals surface area contributed by atoms with Gasteiger partial charge in [-0.1, -0.05) is 41.4 Å². The molecule has 0 radical (unpaired) electrons. The molecule has 0 aliphatic carbocycles. The van der Waals surface area contributed by atoms with Gasteiger partial charge in [0.2, 0.25) is 0 Å². The second-order valence-electron chi connectivity index (χ2n) is 7.69. The average molecular weight is 524 g/mol. The third-order valence-electron chi connectivity index (χ3n) is 5.16. The van der Waals surface area contributed by atoms with Crippen molar-refractivity contribution >= 4 is 45.1 Å². The van der Waals surface area contributed by atoms with Crippen molar-refractivity contribution in [3.8, 4) is 0 Å². The van der Waals surface area contributed by atoms with Crippen molar-refractivity contribution in [2.75, 3.05) is 6.61 Å². The van der Waals surface area contributed by atoms with Crippen LogP contribution in [0.4, 0.5) is 0 Å². The molecule has 1 heterocycles. The molecule has 7 heteroatoms. The molecule has 1 aromatic heterocycles. The van der Waals surface area contributed by atoms with Crippen LogP contribution in [0.1, 0.15) is 65.6 Å². The van der Waals surface area contributed by atoms with Crippen molar-refractivity contribution in [2.45, 2.75) is 46.1 Å². The highest BCUT2D eigenvalue weighted by molar-refractivity contribution is 9.10. The Labute approximate surface area is 201 Å². The highest BCUT2D eigenvalue weighted by atomic mass is 79.9. The third kappa shape index (κ3) is 5.33. The number of ether oxygens (including phenoxy) is 1. The summed E-state index contributed by atoms with van der Waals surface area (Å²) in [6.07, 6.45) is 0.639. The molecule has 0 spiro atoms. The van der Waals surface area contributed by atoms with Crippen LogP contribution in [0.5, 0.6) is 0 Å². The van der Waals surface area contributed by atoms with Crippen LogP contribution in [0.2, 0.25) is 10.0 Å². The Kier molecular flexibility index (Phi) is 7.84. The molecule has 0 amide bonds. The van der Waals surface area contributed by atoms with Crippen LogP contribution in [-0.2, 0) is 11.2 Å². The van der Waals surface area contributed by atoms with Crippen molar-refractivity contribution in [3.63, 3.8) is 0 Å². The van der Waals surface area contributed by atoms with Gasteiger partial charge in [-0.25, -0.2) is 9.78 Å². The topological polar surface area (TPSA) is 44.1 Å². The first-order chi connectivity index (χ1) is 14.7. The summed E-state index contributed by atoms with van der Waals surface area (Å²) in [7, 11) is 0. The minimum atomic E-state index is -0.430. The van der Waals surface area contributed by atoms with Gasteiger partial charge in [0.1, 0.15) is 0 Å². The van der Waals surface area contributed by atoms with Gasteiger partial charge in [-0.15, -0.1) is 0 Å². The molecule has 0 saturated carbocycles. The molecule has 0 aliphatic rings. The van der Waals surface area contributed by atoms with E-state index in [1.54, 1.807) is 6.92 Å². The van der Waals surface area contributed by atoms with Gasteiger partial charge in [0.15, 0.2) is 10.4 Å². The number of carbonyl (C=O) groups excluding carboxylic acids is 1. The number of esters is 1. The summed E-state index contributed by atoms with van der Waals surface area (Å²) in [4.78, 5) is 17.4. The van der Waals surface area contributed by atoms with E-state index in [0.717, 1.165) is 22.4 Å². The van der Waals surface area contributed by atoms with Gasteiger partial charge >= 0.3 is 5.97 Å². The number of aryl methyl sites for hydroxylation is 1. The van der Waals surface area contributed by atoms with E-state index in [4.69, 9.17) is 27.9 Å². The molecule has 3 rings (SSSR count). The third-order valence-corrected chi connectivity index (χ3v) is 6.19. The average Bonchev–Trinajstić information content (AvgIpc) is 3.04. The van der Waals surface area contributed by atoms with Gasteiger partial charge in [0, 0.05) is 22.0 Å². The normalized spacial score (nSPS) is 12.3. The molecule has 0 bridgehead atoms. The van der Waals surface area contributed by atoms with E-state index in [-0.39, 0.29) is 18.6 Å². The number of aromatic nitrogens is 2. The Hall–Kier alpha value is -1.82. The van der Waals surface area contributed by atoms with Gasteiger partial charge < -0.3 is 9.30 Å². The summed E-state index contributed by atoms with van der Waals surface area (Å²) in [6, 6.07) is 13.7. The van der Waals surface area contributed by atoms with Crippen LogP contribution < -0.4 is 0 Å². The first-order valence-electron chi connectivity index (χ1n) is 10.2. The number of nitrogens with zero attached hydrogens (tertiary/aromatic N) is 2. The Morgan fingerprint density at radius 2 is 1.87 bits per heavy atom. The molecule has 0 saturated heterocycles. The standard InChI is InChI=1S/C24H25BrCl2N2O2/c1-5-31-23(30)21-22(29(14(2)3)24(25)28-21)20(13-16-7-6-8-17(26)12-16)19-10-9-18(27)11-15(19)4/h6-12,14,20H,5,13H2,1-4H3. The lowest BCUT2D eigenvalue weighted by Gasteiger charge is -2.25. The van der Waals surface area contributed by atoms with Crippen molar-refractivity contribution < 1.29 is 9.53 Å². The molecule has 3 aromatic rings. The van der Waals surface area contributed by atoms with Crippen molar-refractivity contribution in [2.24, 2.45) is 0 Å². The smallest absolute Gasteiger partial charge is 0.358 e. The largest absolute Gasteiger partial charge is 0.461 e. The number of carbonyl (C=O) groups is 1. The predicted molar refractivity (Wildman–Crippen MR) is 129 cm³/mol. The van der Waals surface area contributed by atoms with E-state index in [9.17, 15) is 4.79 Å². The maximum absolute atomic E-state index is 12.9. The van der Waals surface area contributed by atoms with Crippen molar-refractivity contribution in [1.29, 1.82) is 0 Å². The van der Waals surface area contributed by atoms with Crippen LogP contribution in [0.25, 0.3) is 0 Å². The van der Waals surface area contributed by atoms with Crippen molar-refractivity contribution in [3.05, 3.63) is 85.3 Å². The first kappa shape index (κ1) is 23.8. The maximum atomic E-state index is 12.9. The van der Waals surface area contributed by atoms with Crippen LogP contribution in [0.15, 0.2) is 47.2 Å². The van der Waals surface area contributed by atoms with Gasteiger partial charge in [-0.3, -0.25) is 0 Å². The molecule has 1 unspecified atom stereocenters. The summed E-state index contributed by atoms with van der Waals surface area (Å²) in [6.45, 7) is 8.23. The number of benzene rings is 2. The minimum Gasteiger partial charge on any atom is -0.461 e. The lowest BCUT2D eigenvalue weighted by atomic mass is 9.85. The number of imidazole rings is 1. The van der Waals surface area contributed by atoms with Gasteiger partial charge in [-0.05, 0) is 91.0 Å². The molecular formula is C24H25BrCl2N2O2. The zero-order chi connectivity index (χ0) is 22.7. The quantitative estimate of drug-likeness (QED) is 0.303. The van der Waals surface area contributed by atoms with E-state index in [1.807, 2.05) is 49.4 Å². The number of rotatable bonds is 7. The van der Waals surface area contributed by atoms with Crippen LogP contribution in [0.3, 0.4) is 0 Å². The molecule has 164 valence electrons. The van der Waals surface area contributed by atoms with E-state index >= 15 is 0 Å². The summed E-state index contributed by atoms with van der Waals surface area (Å²) < 4.78 is 7.99. The fourth-order valence-corrected chi connectivity index (χ4v) is 5.09. The van der Waals surface area contributed by atoms with Crippen LogP contribution >= 0.6 is 39.1 Å². The second kappa shape index (κ2) is 10.2. The highest BCUT2D eigenvalue weighted by Crippen LogP contribution is 2.37. The Bertz CT molecular complexity index is 1100. The zero-order valence-electron chi connectivity index (χ0n) is 18.0.